The summed E-state index contributed by atoms with van der Waals surface area (Å²) in [6, 6.07) is 13.9. The highest BCUT2D eigenvalue weighted by atomic mass is 32.2. The molecule has 140 valence electrons. The van der Waals surface area contributed by atoms with Gasteiger partial charge < -0.3 is 16.0 Å². The monoisotopic (exact) mass is 381 g/mol. The van der Waals surface area contributed by atoms with Crippen LogP contribution in [-0.4, -0.2) is 29.7 Å². The van der Waals surface area contributed by atoms with Crippen LogP contribution in [0.15, 0.2) is 42.5 Å². The Morgan fingerprint density at radius 2 is 1.93 bits per heavy atom. The van der Waals surface area contributed by atoms with Crippen molar-refractivity contribution in [2.24, 2.45) is 0 Å². The minimum absolute atomic E-state index is 0.0568. The van der Waals surface area contributed by atoms with E-state index in [-0.39, 0.29) is 17.9 Å². The van der Waals surface area contributed by atoms with E-state index in [9.17, 15) is 9.59 Å². The van der Waals surface area contributed by atoms with Gasteiger partial charge in [-0.3, -0.25) is 9.59 Å². The first-order chi connectivity index (χ1) is 13.1. The number of aryl methyl sites for hydroxylation is 1. The minimum Gasteiger partial charge on any atom is -0.371 e. The van der Waals surface area contributed by atoms with E-state index in [4.69, 9.17) is 0 Å². The predicted molar refractivity (Wildman–Crippen MR) is 110 cm³/mol. The van der Waals surface area contributed by atoms with Crippen molar-refractivity contribution >= 4 is 35.0 Å². The second-order valence-electron chi connectivity index (χ2n) is 7.19. The molecular weight excluding hydrogens is 358 g/mol. The molecule has 3 N–H and O–H groups in total. The van der Waals surface area contributed by atoms with Crippen LogP contribution in [0.25, 0.3) is 0 Å². The highest BCUT2D eigenvalue weighted by Gasteiger charge is 2.27. The largest absolute Gasteiger partial charge is 0.371 e. The van der Waals surface area contributed by atoms with Crippen LogP contribution in [0.1, 0.15) is 34.3 Å². The van der Waals surface area contributed by atoms with Gasteiger partial charge >= 0.3 is 0 Å². The molecule has 4 rings (SSSR count). The number of hydrogen-bond donors (Lipinski definition) is 3. The number of benzene rings is 2. The highest BCUT2D eigenvalue weighted by molar-refractivity contribution is 7.98. The van der Waals surface area contributed by atoms with Crippen LogP contribution < -0.4 is 16.0 Å². The standard InChI is InChI=1S/C21H23N3O2S/c1-13-2-4-14(5-3-13)11-27-12-19-21(26)24-18-10-15(6-9-17(18)23-19)20(25)22-16-7-8-16/h2-6,9-10,16,19,23H,7-8,11-12H2,1H3,(H,22,25)(H,24,26). The van der Waals surface area contributed by atoms with Crippen molar-refractivity contribution in [2.75, 3.05) is 16.4 Å². The number of amides is 2. The Labute approximate surface area is 163 Å². The molecule has 1 aliphatic carbocycles. The van der Waals surface area contributed by atoms with Crippen LogP contribution >= 0.6 is 11.8 Å². The van der Waals surface area contributed by atoms with E-state index in [1.807, 2.05) is 6.07 Å². The zero-order valence-corrected chi connectivity index (χ0v) is 16.1. The molecule has 1 unspecified atom stereocenters. The van der Waals surface area contributed by atoms with Crippen molar-refractivity contribution in [3.05, 3.63) is 59.2 Å². The number of rotatable bonds is 6. The lowest BCUT2D eigenvalue weighted by molar-refractivity contribution is -0.116. The van der Waals surface area contributed by atoms with Gasteiger partial charge in [0.25, 0.3) is 5.91 Å². The third-order valence-corrected chi connectivity index (χ3v) is 5.88. The van der Waals surface area contributed by atoms with Crippen LogP contribution in [0.4, 0.5) is 11.4 Å². The molecule has 1 heterocycles. The molecule has 1 saturated carbocycles. The second kappa shape index (κ2) is 7.64. The smallest absolute Gasteiger partial charge is 0.251 e. The summed E-state index contributed by atoms with van der Waals surface area (Å²) >= 11 is 1.73. The van der Waals surface area contributed by atoms with Gasteiger partial charge in [-0.15, -0.1) is 0 Å². The quantitative estimate of drug-likeness (QED) is 0.716. The number of carbonyl (C=O) groups excluding carboxylic acids is 2. The topological polar surface area (TPSA) is 70.2 Å². The first-order valence-electron chi connectivity index (χ1n) is 9.24. The van der Waals surface area contributed by atoms with E-state index >= 15 is 0 Å². The molecule has 2 aromatic carbocycles. The molecule has 6 heteroatoms. The maximum absolute atomic E-state index is 12.4. The average Bonchev–Trinajstić information content (AvgIpc) is 3.47. The zero-order chi connectivity index (χ0) is 18.8. The third kappa shape index (κ3) is 4.45. The molecule has 0 aromatic heterocycles. The lowest BCUT2D eigenvalue weighted by atomic mass is 10.1. The van der Waals surface area contributed by atoms with E-state index in [0.717, 1.165) is 24.3 Å². The van der Waals surface area contributed by atoms with E-state index < -0.39 is 0 Å². The summed E-state index contributed by atoms with van der Waals surface area (Å²) < 4.78 is 0. The van der Waals surface area contributed by atoms with E-state index in [1.165, 1.54) is 11.1 Å². The van der Waals surface area contributed by atoms with Crippen molar-refractivity contribution < 1.29 is 9.59 Å². The van der Waals surface area contributed by atoms with Gasteiger partial charge in [-0.05, 0) is 43.5 Å². The number of thioether (sulfide) groups is 1. The molecule has 27 heavy (non-hydrogen) atoms. The Morgan fingerprint density at radius 3 is 2.67 bits per heavy atom. The van der Waals surface area contributed by atoms with Crippen molar-refractivity contribution in [3.8, 4) is 0 Å². The van der Waals surface area contributed by atoms with Gasteiger partial charge in [-0.1, -0.05) is 29.8 Å². The zero-order valence-electron chi connectivity index (χ0n) is 15.2. The molecule has 0 spiro atoms. The molecule has 2 aliphatic rings. The fourth-order valence-electron chi connectivity index (χ4n) is 2.98. The van der Waals surface area contributed by atoms with Crippen LogP contribution in [0.3, 0.4) is 0 Å². The third-order valence-electron chi connectivity index (χ3n) is 4.77. The van der Waals surface area contributed by atoms with Crippen molar-refractivity contribution in [3.63, 3.8) is 0 Å². The Bertz CT molecular complexity index is 862. The van der Waals surface area contributed by atoms with Crippen molar-refractivity contribution in [1.29, 1.82) is 0 Å². The fraction of sp³-hybridized carbons (Fsp3) is 0.333. The van der Waals surface area contributed by atoms with Crippen LogP contribution in [0, 0.1) is 6.92 Å². The van der Waals surface area contributed by atoms with Gasteiger partial charge in [-0.25, -0.2) is 0 Å². The molecule has 1 aliphatic heterocycles. The fourth-order valence-corrected chi connectivity index (χ4v) is 4.00. The van der Waals surface area contributed by atoms with Gasteiger partial charge in [0.15, 0.2) is 0 Å². The molecule has 5 nitrogen and oxygen atoms in total. The summed E-state index contributed by atoms with van der Waals surface area (Å²) in [5.41, 5.74) is 4.61. The van der Waals surface area contributed by atoms with Crippen molar-refractivity contribution in [2.45, 2.75) is 37.6 Å². The normalized spacial score (nSPS) is 18.3. The van der Waals surface area contributed by atoms with Gasteiger partial charge in [0.2, 0.25) is 5.91 Å². The predicted octanol–water partition coefficient (Wildman–Crippen LogP) is 3.55. The summed E-state index contributed by atoms with van der Waals surface area (Å²) in [5.74, 6) is 1.42. The van der Waals surface area contributed by atoms with Crippen LogP contribution in [0.2, 0.25) is 0 Å². The molecule has 1 atom stereocenters. The maximum atomic E-state index is 12.4. The summed E-state index contributed by atoms with van der Waals surface area (Å²) in [5, 5.41) is 9.20. The first-order valence-corrected chi connectivity index (χ1v) is 10.4. The van der Waals surface area contributed by atoms with Crippen LogP contribution in [0.5, 0.6) is 0 Å². The van der Waals surface area contributed by atoms with Crippen LogP contribution in [-0.2, 0) is 10.5 Å². The van der Waals surface area contributed by atoms with Gasteiger partial charge in [-0.2, -0.15) is 11.8 Å². The summed E-state index contributed by atoms with van der Waals surface area (Å²) in [4.78, 5) is 24.6. The Kier molecular flexibility index (Phi) is 5.07. The average molecular weight is 382 g/mol. The maximum Gasteiger partial charge on any atom is 0.251 e. The van der Waals surface area contributed by atoms with E-state index in [2.05, 4.69) is 47.1 Å². The number of fused-ring (bicyclic) bond motifs is 1. The van der Waals surface area contributed by atoms with E-state index in [0.29, 0.717) is 23.0 Å². The Morgan fingerprint density at radius 1 is 1.15 bits per heavy atom. The molecule has 1 fully saturated rings. The minimum atomic E-state index is -0.279. The molecular formula is C21H23N3O2S. The highest BCUT2D eigenvalue weighted by Crippen LogP contribution is 2.29. The van der Waals surface area contributed by atoms with Crippen molar-refractivity contribution in [1.82, 2.24) is 5.32 Å². The molecule has 0 bridgehead atoms. The number of nitrogens with one attached hydrogen (secondary N) is 3. The lowest BCUT2D eigenvalue weighted by Crippen LogP contribution is -2.40. The number of hydrogen-bond acceptors (Lipinski definition) is 4. The summed E-state index contributed by atoms with van der Waals surface area (Å²) in [6.07, 6.45) is 2.10. The molecule has 2 amide bonds. The summed E-state index contributed by atoms with van der Waals surface area (Å²) in [6.45, 7) is 2.08. The molecule has 0 radical (unpaired) electrons. The second-order valence-corrected chi connectivity index (χ2v) is 8.23. The first kappa shape index (κ1) is 17.9. The van der Waals surface area contributed by atoms with Gasteiger partial charge in [0.05, 0.1) is 11.4 Å². The lowest BCUT2D eigenvalue weighted by Gasteiger charge is -2.27. The van der Waals surface area contributed by atoms with Gasteiger partial charge in [0, 0.05) is 23.1 Å². The SMILES string of the molecule is Cc1ccc(CSCC2Nc3ccc(C(=O)NC4CC4)cc3NC2=O)cc1. The molecule has 0 saturated heterocycles. The Hall–Kier alpha value is -2.47. The van der Waals surface area contributed by atoms with E-state index in [1.54, 1.807) is 23.9 Å². The molecule has 2 aromatic rings. The number of carbonyl (C=O) groups is 2. The summed E-state index contributed by atoms with van der Waals surface area (Å²) in [7, 11) is 0. The Balaban J connectivity index is 1.35. The number of anilines is 2. The van der Waals surface area contributed by atoms with Gasteiger partial charge in [0.1, 0.15) is 6.04 Å².